The van der Waals surface area contributed by atoms with Crippen molar-refractivity contribution in [1.82, 2.24) is 19.7 Å². The van der Waals surface area contributed by atoms with Crippen LogP contribution < -0.4 is 5.76 Å². The summed E-state index contributed by atoms with van der Waals surface area (Å²) in [7, 11) is 1.66. The number of para-hydroxylation sites is 1. The number of H-pyrrole nitrogens is 1. The van der Waals surface area contributed by atoms with E-state index in [1.54, 1.807) is 19.2 Å². The zero-order chi connectivity index (χ0) is 17.0. The summed E-state index contributed by atoms with van der Waals surface area (Å²) in [6.45, 7) is 0. The standard InChI is InChI=1S/C18H12N4O3/c1-22-14-7-6-11(9-15(14)24-18(22)23)16-20-17(25-21-16)13-8-10-4-2-3-5-12(10)19-13/h2-9,19H,1H3. The van der Waals surface area contributed by atoms with Crippen LogP contribution in [0.1, 0.15) is 0 Å². The molecule has 7 heteroatoms. The molecule has 0 unspecified atom stereocenters. The molecule has 0 radical (unpaired) electrons. The minimum absolute atomic E-state index is 0.404. The highest BCUT2D eigenvalue weighted by Crippen LogP contribution is 2.26. The maximum atomic E-state index is 11.6. The molecule has 0 amide bonds. The van der Waals surface area contributed by atoms with Crippen molar-refractivity contribution in [2.75, 3.05) is 0 Å². The Kier molecular flexibility index (Phi) is 2.73. The summed E-state index contributed by atoms with van der Waals surface area (Å²) in [5.41, 5.74) is 3.68. The highest BCUT2D eigenvalue weighted by Gasteiger charge is 2.14. The predicted molar refractivity (Wildman–Crippen MR) is 92.0 cm³/mol. The van der Waals surface area contributed by atoms with Crippen molar-refractivity contribution in [2.45, 2.75) is 0 Å². The number of aromatic amines is 1. The van der Waals surface area contributed by atoms with Crippen molar-refractivity contribution < 1.29 is 8.94 Å². The lowest BCUT2D eigenvalue weighted by Crippen LogP contribution is -2.08. The van der Waals surface area contributed by atoms with Crippen molar-refractivity contribution in [3.8, 4) is 23.0 Å². The lowest BCUT2D eigenvalue weighted by molar-refractivity contribution is 0.431. The second kappa shape index (κ2) is 4.94. The van der Waals surface area contributed by atoms with Crippen molar-refractivity contribution in [3.63, 3.8) is 0 Å². The number of hydrogen-bond donors (Lipinski definition) is 1. The SMILES string of the molecule is Cn1c(=O)oc2cc(-c3noc(-c4cc5ccccc5[nH]4)n3)ccc21. The zero-order valence-electron chi connectivity index (χ0n) is 13.2. The van der Waals surface area contributed by atoms with Crippen LogP contribution in [-0.4, -0.2) is 19.7 Å². The second-order valence-corrected chi connectivity index (χ2v) is 5.80. The summed E-state index contributed by atoms with van der Waals surface area (Å²) in [5.74, 6) is 0.432. The number of rotatable bonds is 2. The fourth-order valence-corrected chi connectivity index (χ4v) is 2.91. The van der Waals surface area contributed by atoms with Gasteiger partial charge in [-0.1, -0.05) is 23.4 Å². The number of hydrogen-bond acceptors (Lipinski definition) is 5. The molecule has 0 bridgehead atoms. The number of nitrogens with zero attached hydrogens (tertiary/aromatic N) is 3. The van der Waals surface area contributed by atoms with Crippen LogP contribution in [0.3, 0.4) is 0 Å². The molecule has 5 aromatic rings. The number of nitrogens with one attached hydrogen (secondary N) is 1. The minimum Gasteiger partial charge on any atom is -0.408 e. The second-order valence-electron chi connectivity index (χ2n) is 5.80. The van der Waals surface area contributed by atoms with Crippen molar-refractivity contribution in [3.05, 3.63) is 59.1 Å². The summed E-state index contributed by atoms with van der Waals surface area (Å²) in [4.78, 5) is 19.3. The van der Waals surface area contributed by atoms with Crippen LogP contribution in [0, 0.1) is 0 Å². The molecule has 0 saturated heterocycles. The summed E-state index contributed by atoms with van der Waals surface area (Å²) >= 11 is 0. The number of oxazole rings is 1. The van der Waals surface area contributed by atoms with E-state index in [9.17, 15) is 4.79 Å². The van der Waals surface area contributed by atoms with Gasteiger partial charge in [-0.25, -0.2) is 4.79 Å². The summed E-state index contributed by atoms with van der Waals surface area (Å²) in [6, 6.07) is 15.3. The van der Waals surface area contributed by atoms with Gasteiger partial charge in [-0.3, -0.25) is 4.57 Å². The van der Waals surface area contributed by atoms with Crippen LogP contribution in [0.2, 0.25) is 0 Å². The fourth-order valence-electron chi connectivity index (χ4n) is 2.91. The van der Waals surface area contributed by atoms with E-state index in [0.29, 0.717) is 28.4 Å². The molecule has 7 nitrogen and oxygen atoms in total. The molecule has 0 spiro atoms. The molecule has 5 rings (SSSR count). The first-order valence-electron chi connectivity index (χ1n) is 7.71. The average molecular weight is 332 g/mol. The van der Waals surface area contributed by atoms with Gasteiger partial charge in [0.25, 0.3) is 5.89 Å². The third-order valence-electron chi connectivity index (χ3n) is 4.24. The molecule has 0 aliphatic carbocycles. The molecule has 3 heterocycles. The van der Waals surface area contributed by atoms with Crippen LogP contribution in [0.5, 0.6) is 0 Å². The molecule has 3 aromatic heterocycles. The molecule has 122 valence electrons. The van der Waals surface area contributed by atoms with Gasteiger partial charge in [-0.05, 0) is 30.3 Å². The fraction of sp³-hybridized carbons (Fsp3) is 0.0556. The van der Waals surface area contributed by atoms with Gasteiger partial charge < -0.3 is 13.9 Å². The topological polar surface area (TPSA) is 89.9 Å². The number of benzene rings is 2. The highest BCUT2D eigenvalue weighted by atomic mass is 16.5. The maximum absolute atomic E-state index is 11.6. The summed E-state index contributed by atoms with van der Waals surface area (Å²) in [5, 5.41) is 5.11. The summed E-state index contributed by atoms with van der Waals surface area (Å²) < 4.78 is 12.0. The Morgan fingerprint density at radius 3 is 2.88 bits per heavy atom. The van der Waals surface area contributed by atoms with Crippen molar-refractivity contribution >= 4 is 22.0 Å². The molecule has 1 N–H and O–H groups in total. The lowest BCUT2D eigenvalue weighted by Gasteiger charge is -1.94. The Morgan fingerprint density at radius 1 is 1.12 bits per heavy atom. The maximum Gasteiger partial charge on any atom is 0.419 e. The van der Waals surface area contributed by atoms with Gasteiger partial charge in [-0.2, -0.15) is 4.98 Å². The molecule has 0 aliphatic heterocycles. The Morgan fingerprint density at radius 2 is 2.00 bits per heavy atom. The molecule has 0 aliphatic rings. The molecule has 0 saturated carbocycles. The lowest BCUT2D eigenvalue weighted by atomic mass is 10.2. The number of aromatic nitrogens is 4. The Hall–Kier alpha value is -3.61. The van der Waals surface area contributed by atoms with Gasteiger partial charge >= 0.3 is 5.76 Å². The van der Waals surface area contributed by atoms with Crippen LogP contribution >= 0.6 is 0 Å². The quantitative estimate of drug-likeness (QED) is 0.535. The van der Waals surface area contributed by atoms with Gasteiger partial charge in [0.15, 0.2) is 5.58 Å². The molecule has 0 atom stereocenters. The van der Waals surface area contributed by atoms with Gasteiger partial charge in [0, 0.05) is 23.5 Å². The highest BCUT2D eigenvalue weighted by molar-refractivity contribution is 5.84. The van der Waals surface area contributed by atoms with E-state index in [4.69, 9.17) is 8.94 Å². The Bertz CT molecular complexity index is 1260. The summed E-state index contributed by atoms with van der Waals surface area (Å²) in [6.07, 6.45) is 0. The first-order chi connectivity index (χ1) is 12.2. The number of aryl methyl sites for hydroxylation is 1. The first kappa shape index (κ1) is 13.8. The van der Waals surface area contributed by atoms with Gasteiger partial charge in [-0.15, -0.1) is 0 Å². The first-order valence-corrected chi connectivity index (χ1v) is 7.71. The van der Waals surface area contributed by atoms with Crippen molar-refractivity contribution in [1.29, 1.82) is 0 Å². The smallest absolute Gasteiger partial charge is 0.408 e. The van der Waals surface area contributed by atoms with E-state index in [0.717, 1.165) is 16.6 Å². The van der Waals surface area contributed by atoms with E-state index in [1.165, 1.54) is 4.57 Å². The molecular weight excluding hydrogens is 320 g/mol. The largest absolute Gasteiger partial charge is 0.419 e. The third-order valence-corrected chi connectivity index (χ3v) is 4.24. The average Bonchev–Trinajstić information content (AvgIpc) is 3.32. The minimum atomic E-state index is -0.404. The zero-order valence-corrected chi connectivity index (χ0v) is 13.2. The third kappa shape index (κ3) is 2.09. The van der Waals surface area contributed by atoms with Crippen LogP contribution in [-0.2, 0) is 7.05 Å². The van der Waals surface area contributed by atoms with E-state index in [2.05, 4.69) is 15.1 Å². The van der Waals surface area contributed by atoms with E-state index >= 15 is 0 Å². The van der Waals surface area contributed by atoms with Crippen LogP contribution in [0.4, 0.5) is 0 Å². The monoisotopic (exact) mass is 332 g/mol. The van der Waals surface area contributed by atoms with E-state index in [-0.39, 0.29) is 0 Å². The predicted octanol–water partition coefficient (Wildman–Crippen LogP) is 3.33. The Balaban J connectivity index is 1.58. The van der Waals surface area contributed by atoms with Gasteiger partial charge in [0.05, 0.1) is 5.52 Å². The normalized spacial score (nSPS) is 11.6. The number of fused-ring (bicyclic) bond motifs is 2. The Labute approximate surface area is 140 Å². The molecular formula is C18H12N4O3. The molecule has 0 fully saturated rings. The molecule has 2 aromatic carbocycles. The van der Waals surface area contributed by atoms with Crippen LogP contribution in [0.25, 0.3) is 45.0 Å². The molecule has 25 heavy (non-hydrogen) atoms. The van der Waals surface area contributed by atoms with Gasteiger partial charge in [0.2, 0.25) is 5.82 Å². The van der Waals surface area contributed by atoms with E-state index in [1.807, 2.05) is 36.4 Å². The van der Waals surface area contributed by atoms with Crippen LogP contribution in [0.15, 0.2) is 62.3 Å². The van der Waals surface area contributed by atoms with E-state index < -0.39 is 5.76 Å². The van der Waals surface area contributed by atoms with Gasteiger partial charge in [0.1, 0.15) is 5.69 Å². The van der Waals surface area contributed by atoms with Crippen molar-refractivity contribution in [2.24, 2.45) is 7.05 Å².